The van der Waals surface area contributed by atoms with E-state index < -0.39 is 0 Å². The van der Waals surface area contributed by atoms with Crippen LogP contribution in [-0.4, -0.2) is 39.5 Å². The van der Waals surface area contributed by atoms with E-state index in [9.17, 15) is 4.79 Å². The Bertz CT molecular complexity index is 720. The van der Waals surface area contributed by atoms with Crippen LogP contribution in [0.5, 0.6) is 0 Å². The van der Waals surface area contributed by atoms with Gasteiger partial charge in [-0.2, -0.15) is 0 Å². The maximum atomic E-state index is 12.4. The van der Waals surface area contributed by atoms with Crippen LogP contribution in [0.4, 0.5) is 0 Å². The van der Waals surface area contributed by atoms with Crippen LogP contribution in [0.15, 0.2) is 17.6 Å². The average molecular weight is 330 g/mol. The van der Waals surface area contributed by atoms with Crippen molar-refractivity contribution in [2.24, 2.45) is 0 Å². The molecule has 0 spiro atoms. The highest BCUT2D eigenvalue weighted by atomic mass is 32.1. The second kappa shape index (κ2) is 6.09. The number of rotatable bonds is 3. The first-order valence-electron chi connectivity index (χ1n) is 8.27. The summed E-state index contributed by atoms with van der Waals surface area (Å²) in [6.45, 7) is 5.25. The van der Waals surface area contributed by atoms with E-state index in [1.807, 2.05) is 18.3 Å². The molecule has 4 heterocycles. The van der Waals surface area contributed by atoms with Crippen LogP contribution in [0.2, 0.25) is 0 Å². The monoisotopic (exact) mass is 330 g/mol. The lowest BCUT2D eigenvalue weighted by Gasteiger charge is -2.28. The van der Waals surface area contributed by atoms with Gasteiger partial charge in [0.15, 0.2) is 0 Å². The van der Waals surface area contributed by atoms with Crippen LogP contribution in [0.25, 0.3) is 0 Å². The minimum Gasteiger partial charge on any atom is -0.350 e. The number of aryl methyl sites for hydroxylation is 2. The van der Waals surface area contributed by atoms with Crippen molar-refractivity contribution >= 4 is 17.2 Å². The number of aromatic nitrogens is 2. The minimum atomic E-state index is 0.147. The molecule has 4 rings (SSSR count). The smallest absolute Gasteiger partial charge is 0.234 e. The zero-order chi connectivity index (χ0) is 15.8. The van der Waals surface area contributed by atoms with Crippen LogP contribution in [0.1, 0.15) is 28.4 Å². The first kappa shape index (κ1) is 14.9. The van der Waals surface area contributed by atoms with Crippen LogP contribution in [0.3, 0.4) is 0 Å². The van der Waals surface area contributed by atoms with Gasteiger partial charge in [0.05, 0.1) is 12.2 Å². The maximum absolute atomic E-state index is 12.4. The Kier molecular flexibility index (Phi) is 3.95. The van der Waals surface area contributed by atoms with E-state index in [1.165, 1.54) is 10.4 Å². The van der Waals surface area contributed by atoms with E-state index in [-0.39, 0.29) is 11.9 Å². The molecular weight excluding hydrogens is 308 g/mol. The Morgan fingerprint density at radius 1 is 1.48 bits per heavy atom. The topological polar surface area (TPSA) is 50.2 Å². The van der Waals surface area contributed by atoms with E-state index in [4.69, 9.17) is 0 Å². The molecule has 0 aliphatic carbocycles. The van der Waals surface area contributed by atoms with Gasteiger partial charge in [0.1, 0.15) is 5.82 Å². The van der Waals surface area contributed by atoms with Crippen molar-refractivity contribution in [3.05, 3.63) is 39.6 Å². The number of nitrogens with zero attached hydrogens (tertiary/aromatic N) is 3. The summed E-state index contributed by atoms with van der Waals surface area (Å²) in [5, 5.41) is 5.36. The zero-order valence-electron chi connectivity index (χ0n) is 13.4. The van der Waals surface area contributed by atoms with Crippen LogP contribution >= 0.6 is 11.3 Å². The Labute approximate surface area is 140 Å². The van der Waals surface area contributed by atoms with Crippen LogP contribution in [-0.2, 0) is 30.7 Å². The van der Waals surface area contributed by atoms with Gasteiger partial charge in [-0.1, -0.05) is 0 Å². The van der Waals surface area contributed by atoms with E-state index in [0.717, 1.165) is 50.4 Å². The van der Waals surface area contributed by atoms with Crippen molar-refractivity contribution < 1.29 is 4.79 Å². The number of nitrogens with one attached hydrogen (secondary N) is 1. The Morgan fingerprint density at radius 2 is 2.39 bits per heavy atom. The fourth-order valence-corrected chi connectivity index (χ4v) is 4.51. The molecule has 23 heavy (non-hydrogen) atoms. The maximum Gasteiger partial charge on any atom is 0.234 e. The highest BCUT2D eigenvalue weighted by Gasteiger charge is 2.23. The number of hydrogen-bond donors (Lipinski definition) is 1. The lowest BCUT2D eigenvalue weighted by molar-refractivity contribution is -0.123. The van der Waals surface area contributed by atoms with Crippen molar-refractivity contribution in [2.45, 2.75) is 45.3 Å². The molecule has 2 aliphatic rings. The predicted molar refractivity (Wildman–Crippen MR) is 90.5 cm³/mol. The summed E-state index contributed by atoms with van der Waals surface area (Å²) in [6, 6.07) is 2.42. The van der Waals surface area contributed by atoms with Gasteiger partial charge in [0, 0.05) is 43.2 Å². The van der Waals surface area contributed by atoms with Gasteiger partial charge >= 0.3 is 0 Å². The summed E-state index contributed by atoms with van der Waals surface area (Å²) in [5.74, 6) is 1.29. The number of hydrogen-bond acceptors (Lipinski definition) is 4. The highest BCUT2D eigenvalue weighted by Crippen LogP contribution is 2.23. The molecule has 0 saturated heterocycles. The van der Waals surface area contributed by atoms with Crippen molar-refractivity contribution in [2.75, 3.05) is 13.1 Å². The van der Waals surface area contributed by atoms with Crippen molar-refractivity contribution in [3.8, 4) is 0 Å². The zero-order valence-corrected chi connectivity index (χ0v) is 14.2. The second-order valence-corrected chi connectivity index (χ2v) is 7.58. The van der Waals surface area contributed by atoms with Crippen LogP contribution < -0.4 is 5.32 Å². The first-order chi connectivity index (χ1) is 11.2. The van der Waals surface area contributed by atoms with Crippen molar-refractivity contribution in [1.82, 2.24) is 19.8 Å². The third kappa shape index (κ3) is 3.19. The molecule has 0 aromatic carbocycles. The summed E-state index contributed by atoms with van der Waals surface area (Å²) in [5.41, 5.74) is 2.46. The van der Waals surface area contributed by atoms with Gasteiger partial charge < -0.3 is 9.88 Å². The molecule has 122 valence electrons. The average Bonchev–Trinajstić information content (AvgIpc) is 3.11. The molecule has 0 unspecified atom stereocenters. The summed E-state index contributed by atoms with van der Waals surface area (Å²) >= 11 is 1.83. The van der Waals surface area contributed by atoms with Crippen LogP contribution in [0, 0.1) is 6.92 Å². The Balaban J connectivity index is 1.31. The molecule has 0 saturated carbocycles. The molecule has 0 fully saturated rings. The van der Waals surface area contributed by atoms with Gasteiger partial charge in [-0.05, 0) is 36.8 Å². The second-order valence-electron chi connectivity index (χ2n) is 6.58. The quantitative estimate of drug-likeness (QED) is 0.933. The lowest BCUT2D eigenvalue weighted by atomic mass is 10.1. The molecule has 2 aromatic heterocycles. The van der Waals surface area contributed by atoms with Crippen molar-refractivity contribution in [1.29, 1.82) is 0 Å². The third-order valence-electron chi connectivity index (χ3n) is 4.73. The van der Waals surface area contributed by atoms with E-state index >= 15 is 0 Å². The third-order valence-corrected chi connectivity index (χ3v) is 5.76. The fraction of sp³-hybridized carbons (Fsp3) is 0.529. The molecule has 2 aliphatic heterocycles. The number of imidazole rings is 1. The molecule has 1 amide bonds. The van der Waals surface area contributed by atoms with Gasteiger partial charge in [0.25, 0.3) is 0 Å². The standard InChI is InChI=1S/C17H22N4OS/c1-12-8-21-10-14(2-3-16(21)18-12)19-17(22)11-20-6-4-15-13(9-20)5-7-23-15/h5,7-8,14H,2-4,6,9-11H2,1H3,(H,19,22)/t14-/m0/s1. The summed E-state index contributed by atoms with van der Waals surface area (Å²) in [6.07, 6.45) is 5.08. The van der Waals surface area contributed by atoms with Gasteiger partial charge in [-0.3, -0.25) is 9.69 Å². The number of amides is 1. The summed E-state index contributed by atoms with van der Waals surface area (Å²) in [7, 11) is 0. The molecule has 1 N–H and O–H groups in total. The Hall–Kier alpha value is -1.66. The van der Waals surface area contributed by atoms with Gasteiger partial charge in [-0.25, -0.2) is 4.98 Å². The first-order valence-corrected chi connectivity index (χ1v) is 9.15. The molecule has 1 atom stereocenters. The molecule has 0 radical (unpaired) electrons. The molecular formula is C17H22N4OS. The normalized spacial score (nSPS) is 20.8. The minimum absolute atomic E-state index is 0.147. The number of thiophene rings is 1. The number of carbonyl (C=O) groups excluding carboxylic acids is 1. The predicted octanol–water partition coefficient (Wildman–Crippen LogP) is 1.74. The van der Waals surface area contributed by atoms with Crippen molar-refractivity contribution in [3.63, 3.8) is 0 Å². The fourth-order valence-electron chi connectivity index (χ4n) is 3.62. The largest absolute Gasteiger partial charge is 0.350 e. The van der Waals surface area contributed by atoms with E-state index in [0.29, 0.717) is 6.54 Å². The molecule has 5 nitrogen and oxygen atoms in total. The number of carbonyl (C=O) groups is 1. The summed E-state index contributed by atoms with van der Waals surface area (Å²) < 4.78 is 2.18. The lowest BCUT2D eigenvalue weighted by Crippen LogP contribution is -2.46. The molecule has 2 aromatic rings. The Morgan fingerprint density at radius 3 is 3.30 bits per heavy atom. The van der Waals surface area contributed by atoms with Gasteiger partial charge in [0.2, 0.25) is 5.91 Å². The molecule has 6 heteroatoms. The van der Waals surface area contributed by atoms with Gasteiger partial charge in [-0.15, -0.1) is 11.3 Å². The van der Waals surface area contributed by atoms with E-state index in [2.05, 4.69) is 37.4 Å². The number of fused-ring (bicyclic) bond motifs is 2. The molecule has 0 bridgehead atoms. The SMILES string of the molecule is Cc1cn2c(n1)CC[C@H](NC(=O)CN1CCc3sccc3C1)C2. The van der Waals surface area contributed by atoms with E-state index in [1.54, 1.807) is 0 Å². The summed E-state index contributed by atoms with van der Waals surface area (Å²) in [4.78, 5) is 20.6. The highest BCUT2D eigenvalue weighted by molar-refractivity contribution is 7.10.